The van der Waals surface area contributed by atoms with E-state index in [9.17, 15) is 37.9 Å². The first-order valence-corrected chi connectivity index (χ1v) is 23.0. The van der Waals surface area contributed by atoms with Gasteiger partial charge in [-0.15, -0.1) is 0 Å². The number of hydrogen-bond donors (Lipinski definition) is 4. The van der Waals surface area contributed by atoms with Crippen molar-refractivity contribution in [2.24, 2.45) is 0 Å². The van der Waals surface area contributed by atoms with Crippen LogP contribution in [0.5, 0.6) is 0 Å². The van der Waals surface area contributed by atoms with E-state index in [1.54, 1.807) is 12.2 Å². The average molecular weight is 805 g/mol. The number of esters is 2. The van der Waals surface area contributed by atoms with Crippen LogP contribution < -0.4 is 0 Å². The number of ether oxygens (including phenoxy) is 4. The molecule has 1 saturated heterocycles. The van der Waals surface area contributed by atoms with Crippen molar-refractivity contribution in [3.8, 4) is 0 Å². The number of aliphatic hydroxyl groups is 3. The van der Waals surface area contributed by atoms with E-state index in [1.807, 2.05) is 6.08 Å². The van der Waals surface area contributed by atoms with Gasteiger partial charge in [-0.25, -0.2) is 4.79 Å². The molecule has 1 fully saturated rings. The Kier molecular flexibility index (Phi) is 30.8. The van der Waals surface area contributed by atoms with Crippen LogP contribution in [0.3, 0.4) is 0 Å². The minimum Gasteiger partial charge on any atom is -0.462 e. The van der Waals surface area contributed by atoms with Gasteiger partial charge in [0.15, 0.2) is 12.4 Å². The molecule has 322 valence electrons. The summed E-state index contributed by atoms with van der Waals surface area (Å²) in [6, 6.07) is 0. The first kappa shape index (κ1) is 51.1. The summed E-state index contributed by atoms with van der Waals surface area (Å²) in [4.78, 5) is 25.2. The third-order valence-corrected chi connectivity index (χ3v) is 10.6. The molecule has 0 amide bonds. The molecule has 2 unspecified atom stereocenters. The highest BCUT2D eigenvalue weighted by molar-refractivity contribution is 7.85. The van der Waals surface area contributed by atoms with Crippen LogP contribution in [0.1, 0.15) is 174 Å². The van der Waals surface area contributed by atoms with E-state index in [1.165, 1.54) is 115 Å². The van der Waals surface area contributed by atoms with Gasteiger partial charge >= 0.3 is 11.9 Å². The van der Waals surface area contributed by atoms with Gasteiger partial charge in [0.25, 0.3) is 10.1 Å². The second-order valence-corrected chi connectivity index (χ2v) is 16.6. The third kappa shape index (κ3) is 28.2. The molecule has 4 N–H and O–H groups in total. The predicted octanol–water partition coefficient (Wildman–Crippen LogP) is 8.06. The zero-order valence-electron chi connectivity index (χ0n) is 34.0. The molecule has 0 saturated carbocycles. The summed E-state index contributed by atoms with van der Waals surface area (Å²) in [5, 5.41) is 30.8. The molecule has 1 aliphatic heterocycles. The molecule has 0 spiro atoms. The van der Waals surface area contributed by atoms with Crippen LogP contribution in [0.15, 0.2) is 24.3 Å². The van der Waals surface area contributed by atoms with Crippen molar-refractivity contribution in [3.63, 3.8) is 0 Å². The van der Waals surface area contributed by atoms with Gasteiger partial charge in [0, 0.05) is 12.5 Å². The maximum Gasteiger partial charge on any atom is 0.331 e. The van der Waals surface area contributed by atoms with Gasteiger partial charge in [-0.2, -0.15) is 8.42 Å². The molecule has 0 aromatic carbocycles. The van der Waals surface area contributed by atoms with Crippen LogP contribution in [0.2, 0.25) is 0 Å². The number of allylic oxidation sites excluding steroid dienone is 3. The van der Waals surface area contributed by atoms with Crippen LogP contribution >= 0.6 is 0 Å². The molecule has 55 heavy (non-hydrogen) atoms. The van der Waals surface area contributed by atoms with Crippen LogP contribution in [-0.4, -0.2) is 96.0 Å². The highest BCUT2D eigenvalue weighted by Crippen LogP contribution is 2.24. The molecule has 0 bridgehead atoms. The van der Waals surface area contributed by atoms with Crippen LogP contribution in [0, 0.1) is 0 Å². The molecule has 0 aliphatic carbocycles. The molecule has 12 nitrogen and oxygen atoms in total. The molecular weight excluding hydrogens is 729 g/mol. The molecule has 0 radical (unpaired) electrons. The van der Waals surface area contributed by atoms with E-state index in [-0.39, 0.29) is 13.0 Å². The van der Waals surface area contributed by atoms with Crippen LogP contribution in [0.4, 0.5) is 0 Å². The molecular formula is C42H76O12S. The number of rotatable bonds is 35. The SMILES string of the molecule is CCCCCCCCCCCCC/C=C/C=C/C(=O)O[C@H](COC(=O)CCCCCCCCCCCCCC)CO[C@H]1O[C@H](CS(=O)(=O)O)[C@@H](O)C(O)C1O. The molecule has 0 aromatic heterocycles. The number of aliphatic hydroxyl groups excluding tert-OH is 3. The topological polar surface area (TPSA) is 186 Å². The molecule has 1 aliphatic rings. The monoisotopic (exact) mass is 805 g/mol. The van der Waals surface area contributed by atoms with E-state index in [0.717, 1.165) is 38.5 Å². The Bertz CT molecular complexity index is 1130. The van der Waals surface area contributed by atoms with Crippen molar-refractivity contribution in [3.05, 3.63) is 24.3 Å². The Morgan fingerprint density at radius 3 is 1.65 bits per heavy atom. The van der Waals surface area contributed by atoms with Gasteiger partial charge < -0.3 is 34.3 Å². The van der Waals surface area contributed by atoms with Gasteiger partial charge in [0.2, 0.25) is 0 Å². The number of unbranched alkanes of at least 4 members (excludes halogenated alkanes) is 22. The van der Waals surface area contributed by atoms with E-state index in [0.29, 0.717) is 6.42 Å². The van der Waals surface area contributed by atoms with E-state index < -0.39 is 71.2 Å². The van der Waals surface area contributed by atoms with Gasteiger partial charge in [-0.3, -0.25) is 9.35 Å². The lowest BCUT2D eigenvalue weighted by atomic mass is 10.00. The van der Waals surface area contributed by atoms with Gasteiger partial charge in [-0.1, -0.05) is 167 Å². The summed E-state index contributed by atoms with van der Waals surface area (Å²) in [7, 11) is -4.61. The fourth-order valence-electron chi connectivity index (χ4n) is 6.53. The Morgan fingerprint density at radius 2 is 1.15 bits per heavy atom. The summed E-state index contributed by atoms with van der Waals surface area (Å²) >= 11 is 0. The highest BCUT2D eigenvalue weighted by atomic mass is 32.2. The number of hydrogen-bond acceptors (Lipinski definition) is 11. The Hall–Kier alpha value is -1.87. The fourth-order valence-corrected chi connectivity index (χ4v) is 7.22. The number of carbonyl (C=O) groups is 2. The third-order valence-electron chi connectivity index (χ3n) is 9.89. The van der Waals surface area contributed by atoms with Gasteiger partial charge in [0.05, 0.1) is 6.61 Å². The van der Waals surface area contributed by atoms with E-state index in [2.05, 4.69) is 13.8 Å². The Labute approximate surface area is 332 Å². The zero-order valence-corrected chi connectivity index (χ0v) is 34.9. The minimum atomic E-state index is -4.61. The summed E-state index contributed by atoms with van der Waals surface area (Å²) in [6.07, 6.45) is 25.8. The second-order valence-electron chi connectivity index (χ2n) is 15.1. The predicted molar refractivity (Wildman–Crippen MR) is 215 cm³/mol. The largest absolute Gasteiger partial charge is 0.462 e. The van der Waals surface area contributed by atoms with Gasteiger partial charge in [-0.05, 0) is 19.3 Å². The second kappa shape index (κ2) is 33.1. The minimum absolute atomic E-state index is 0.203. The first-order chi connectivity index (χ1) is 26.5. The maximum atomic E-state index is 12.7. The van der Waals surface area contributed by atoms with Crippen molar-refractivity contribution in [1.29, 1.82) is 0 Å². The van der Waals surface area contributed by atoms with Gasteiger partial charge in [0.1, 0.15) is 36.8 Å². The zero-order chi connectivity index (χ0) is 40.6. The van der Waals surface area contributed by atoms with Crippen molar-refractivity contribution in [2.45, 2.75) is 211 Å². The highest BCUT2D eigenvalue weighted by Gasteiger charge is 2.46. The van der Waals surface area contributed by atoms with Crippen molar-refractivity contribution in [1.82, 2.24) is 0 Å². The normalized spacial score (nSPS) is 21.0. The Balaban J connectivity index is 2.53. The molecule has 0 aromatic rings. The summed E-state index contributed by atoms with van der Waals surface area (Å²) in [6.45, 7) is 3.65. The summed E-state index contributed by atoms with van der Waals surface area (Å²) in [5.41, 5.74) is 0. The molecule has 1 rings (SSSR count). The lowest BCUT2D eigenvalue weighted by Gasteiger charge is -2.40. The Morgan fingerprint density at radius 1 is 0.655 bits per heavy atom. The van der Waals surface area contributed by atoms with Crippen LogP contribution in [-0.2, 0) is 38.7 Å². The standard InChI is InChI=1S/C42H76O12S/c1-3-5-7-9-11-13-15-17-18-19-21-23-25-27-29-31-38(44)53-35(33-52-42-41(47)40(46)39(45)36(54-42)34-55(48,49)50)32-51-37(43)30-28-26-24-22-20-16-14-12-10-8-6-4-2/h25,27,29,31,35-36,39-42,45-47H,3-24,26,28,30,32-34H2,1-2H3,(H,48,49,50)/b27-25+,31-29+/t35-,36-,39-,40?,41?,42+/m1/s1. The van der Waals surface area contributed by atoms with Crippen molar-refractivity contribution in [2.75, 3.05) is 19.0 Å². The maximum absolute atomic E-state index is 12.7. The van der Waals surface area contributed by atoms with E-state index >= 15 is 0 Å². The van der Waals surface area contributed by atoms with E-state index in [4.69, 9.17) is 18.9 Å². The molecule has 1 heterocycles. The molecule has 13 heteroatoms. The lowest BCUT2D eigenvalue weighted by Crippen LogP contribution is -2.60. The van der Waals surface area contributed by atoms with Crippen molar-refractivity contribution >= 4 is 22.1 Å². The lowest BCUT2D eigenvalue weighted by molar-refractivity contribution is -0.297. The fraction of sp³-hybridized carbons (Fsp3) is 0.857. The van der Waals surface area contributed by atoms with Crippen molar-refractivity contribution < 1.29 is 56.8 Å². The summed E-state index contributed by atoms with van der Waals surface area (Å²) < 4.78 is 53.7. The number of carbonyl (C=O) groups excluding carboxylic acids is 2. The quantitative estimate of drug-likeness (QED) is 0.0159. The smallest absolute Gasteiger partial charge is 0.331 e. The first-order valence-electron chi connectivity index (χ1n) is 21.4. The van der Waals surface area contributed by atoms with Crippen LogP contribution in [0.25, 0.3) is 0 Å². The molecule has 6 atom stereocenters. The summed E-state index contributed by atoms with van der Waals surface area (Å²) in [5.74, 6) is -2.24. The average Bonchev–Trinajstić information content (AvgIpc) is 3.14.